The van der Waals surface area contributed by atoms with Crippen molar-refractivity contribution < 1.29 is 4.79 Å². The Morgan fingerprint density at radius 3 is 2.70 bits per heavy atom. The molecule has 5 nitrogen and oxygen atoms in total. The Morgan fingerprint density at radius 1 is 1.45 bits per heavy atom. The highest BCUT2D eigenvalue weighted by Crippen LogP contribution is 2.30. The van der Waals surface area contributed by atoms with Crippen LogP contribution >= 0.6 is 11.3 Å². The molecule has 1 saturated carbocycles. The fourth-order valence-electron chi connectivity index (χ4n) is 2.67. The molecule has 112 valence electrons. The third-order valence-corrected chi connectivity index (χ3v) is 5.05. The lowest BCUT2D eigenvalue weighted by atomic mass is 9.87. The van der Waals surface area contributed by atoms with Gasteiger partial charge in [-0.1, -0.05) is 18.3 Å². The number of thiazole rings is 1. The van der Waals surface area contributed by atoms with Gasteiger partial charge in [-0.2, -0.15) is 0 Å². The standard InChI is InChI=1S/C14H24N4OS/c1-4-16-14-17-12(15)11(20-14)13(19)18(3)10-7-5-9(2)6-8-10/h9-10H,4-8,15H2,1-3H3,(H,16,17). The number of anilines is 2. The summed E-state index contributed by atoms with van der Waals surface area (Å²) in [4.78, 5) is 19.2. The molecule has 1 amide bonds. The van der Waals surface area contributed by atoms with E-state index in [1.807, 2.05) is 18.9 Å². The summed E-state index contributed by atoms with van der Waals surface area (Å²) in [6.07, 6.45) is 4.57. The number of nitrogens with two attached hydrogens (primary N) is 1. The number of nitrogen functional groups attached to an aromatic ring is 1. The molecular formula is C14H24N4OS. The average Bonchev–Trinajstić information content (AvgIpc) is 2.79. The second kappa shape index (κ2) is 6.43. The monoisotopic (exact) mass is 296 g/mol. The van der Waals surface area contributed by atoms with E-state index >= 15 is 0 Å². The molecule has 1 heterocycles. The van der Waals surface area contributed by atoms with Crippen molar-refractivity contribution in [2.24, 2.45) is 5.92 Å². The Morgan fingerprint density at radius 2 is 2.10 bits per heavy atom. The second-order valence-corrected chi connectivity index (χ2v) is 6.59. The van der Waals surface area contributed by atoms with Gasteiger partial charge < -0.3 is 16.0 Å². The Kier molecular flexibility index (Phi) is 4.86. The van der Waals surface area contributed by atoms with E-state index in [1.54, 1.807) is 0 Å². The number of hydrogen-bond donors (Lipinski definition) is 2. The lowest BCUT2D eigenvalue weighted by Crippen LogP contribution is -2.39. The van der Waals surface area contributed by atoms with Crippen LogP contribution in [0.2, 0.25) is 0 Å². The first-order valence-corrected chi connectivity index (χ1v) is 8.11. The Bertz CT molecular complexity index is 466. The van der Waals surface area contributed by atoms with Crippen LogP contribution in [0.25, 0.3) is 0 Å². The molecule has 1 aliphatic rings. The molecule has 0 unspecified atom stereocenters. The largest absolute Gasteiger partial charge is 0.382 e. The van der Waals surface area contributed by atoms with Crippen LogP contribution in [0.1, 0.15) is 49.2 Å². The number of hydrogen-bond acceptors (Lipinski definition) is 5. The van der Waals surface area contributed by atoms with E-state index in [-0.39, 0.29) is 5.91 Å². The topological polar surface area (TPSA) is 71.2 Å². The van der Waals surface area contributed by atoms with Crippen molar-refractivity contribution >= 4 is 28.2 Å². The van der Waals surface area contributed by atoms with Crippen molar-refractivity contribution in [2.75, 3.05) is 24.6 Å². The van der Waals surface area contributed by atoms with Crippen LogP contribution in [0.3, 0.4) is 0 Å². The third kappa shape index (κ3) is 3.23. The smallest absolute Gasteiger partial charge is 0.267 e. The van der Waals surface area contributed by atoms with Crippen molar-refractivity contribution in [1.82, 2.24) is 9.88 Å². The van der Waals surface area contributed by atoms with Crippen LogP contribution in [0.15, 0.2) is 0 Å². The molecule has 20 heavy (non-hydrogen) atoms. The van der Waals surface area contributed by atoms with Gasteiger partial charge in [0.1, 0.15) is 10.7 Å². The summed E-state index contributed by atoms with van der Waals surface area (Å²) in [6.45, 7) is 5.05. The van der Waals surface area contributed by atoms with Gasteiger partial charge in [0.25, 0.3) is 5.91 Å². The summed E-state index contributed by atoms with van der Waals surface area (Å²) in [5, 5.41) is 3.83. The molecule has 0 aromatic carbocycles. The summed E-state index contributed by atoms with van der Waals surface area (Å²) in [5.41, 5.74) is 5.87. The van der Waals surface area contributed by atoms with E-state index in [9.17, 15) is 4.79 Å². The molecule has 0 atom stereocenters. The molecule has 0 bridgehead atoms. The fraction of sp³-hybridized carbons (Fsp3) is 0.714. The molecule has 1 aliphatic carbocycles. The average molecular weight is 296 g/mol. The van der Waals surface area contributed by atoms with Gasteiger partial charge in [0, 0.05) is 19.6 Å². The number of aromatic nitrogens is 1. The second-order valence-electron chi connectivity index (χ2n) is 5.59. The molecular weight excluding hydrogens is 272 g/mol. The SMILES string of the molecule is CCNc1nc(N)c(C(=O)N(C)C2CCC(C)CC2)s1. The quantitative estimate of drug-likeness (QED) is 0.896. The first kappa shape index (κ1) is 15.1. The number of amides is 1. The van der Waals surface area contributed by atoms with Crippen molar-refractivity contribution in [3.8, 4) is 0 Å². The molecule has 3 N–H and O–H groups in total. The minimum atomic E-state index is 0.00343. The van der Waals surface area contributed by atoms with Gasteiger partial charge in [-0.3, -0.25) is 4.79 Å². The zero-order valence-corrected chi connectivity index (χ0v) is 13.3. The van der Waals surface area contributed by atoms with Crippen LogP contribution in [-0.2, 0) is 0 Å². The number of rotatable bonds is 4. The summed E-state index contributed by atoms with van der Waals surface area (Å²) in [6, 6.07) is 0.336. The fourth-order valence-corrected chi connectivity index (χ4v) is 3.60. The normalized spacial score (nSPS) is 22.6. The Hall–Kier alpha value is -1.30. The minimum Gasteiger partial charge on any atom is -0.382 e. The molecule has 1 aromatic rings. The molecule has 2 rings (SSSR count). The molecule has 1 aromatic heterocycles. The zero-order chi connectivity index (χ0) is 14.7. The number of nitrogens with one attached hydrogen (secondary N) is 1. The molecule has 0 radical (unpaired) electrons. The van der Waals surface area contributed by atoms with Gasteiger partial charge in [0.15, 0.2) is 5.13 Å². The van der Waals surface area contributed by atoms with E-state index in [4.69, 9.17) is 5.73 Å². The van der Waals surface area contributed by atoms with Crippen molar-refractivity contribution in [3.63, 3.8) is 0 Å². The summed E-state index contributed by atoms with van der Waals surface area (Å²) in [5.74, 6) is 1.12. The van der Waals surface area contributed by atoms with E-state index < -0.39 is 0 Å². The molecule has 6 heteroatoms. The molecule has 0 aliphatic heterocycles. The number of nitrogens with zero attached hydrogens (tertiary/aromatic N) is 2. The predicted molar refractivity (Wildman–Crippen MR) is 84.2 cm³/mol. The highest BCUT2D eigenvalue weighted by Gasteiger charge is 2.28. The van der Waals surface area contributed by atoms with Gasteiger partial charge in [-0.05, 0) is 38.5 Å². The molecule has 0 saturated heterocycles. The summed E-state index contributed by atoms with van der Waals surface area (Å²) in [7, 11) is 1.88. The highest BCUT2D eigenvalue weighted by atomic mass is 32.1. The van der Waals surface area contributed by atoms with Gasteiger partial charge in [0.05, 0.1) is 0 Å². The summed E-state index contributed by atoms with van der Waals surface area (Å²) < 4.78 is 0. The van der Waals surface area contributed by atoms with Gasteiger partial charge in [-0.25, -0.2) is 4.98 Å². The maximum Gasteiger partial charge on any atom is 0.267 e. The van der Waals surface area contributed by atoms with Gasteiger partial charge in [-0.15, -0.1) is 0 Å². The van der Waals surface area contributed by atoms with Gasteiger partial charge >= 0.3 is 0 Å². The van der Waals surface area contributed by atoms with Crippen LogP contribution in [0.5, 0.6) is 0 Å². The Labute approximate surface area is 124 Å². The zero-order valence-electron chi connectivity index (χ0n) is 12.5. The summed E-state index contributed by atoms with van der Waals surface area (Å²) >= 11 is 1.35. The van der Waals surface area contributed by atoms with Crippen molar-refractivity contribution in [3.05, 3.63) is 4.88 Å². The Balaban J connectivity index is 2.06. The maximum absolute atomic E-state index is 12.6. The first-order valence-electron chi connectivity index (χ1n) is 7.30. The van der Waals surface area contributed by atoms with Crippen LogP contribution < -0.4 is 11.1 Å². The van der Waals surface area contributed by atoms with Crippen molar-refractivity contribution in [1.29, 1.82) is 0 Å². The predicted octanol–water partition coefficient (Wildman–Crippen LogP) is 2.81. The maximum atomic E-state index is 12.6. The van der Waals surface area contributed by atoms with E-state index in [0.29, 0.717) is 16.7 Å². The number of carbonyl (C=O) groups excluding carboxylic acids is 1. The van der Waals surface area contributed by atoms with E-state index in [2.05, 4.69) is 17.2 Å². The van der Waals surface area contributed by atoms with E-state index in [1.165, 1.54) is 24.2 Å². The lowest BCUT2D eigenvalue weighted by molar-refractivity contribution is 0.0685. The molecule has 0 spiro atoms. The van der Waals surface area contributed by atoms with Crippen LogP contribution in [0, 0.1) is 5.92 Å². The first-order chi connectivity index (χ1) is 9.52. The van der Waals surface area contributed by atoms with Crippen LogP contribution in [-0.4, -0.2) is 35.4 Å². The number of carbonyl (C=O) groups is 1. The van der Waals surface area contributed by atoms with E-state index in [0.717, 1.165) is 30.4 Å². The van der Waals surface area contributed by atoms with Gasteiger partial charge in [0.2, 0.25) is 0 Å². The lowest BCUT2D eigenvalue weighted by Gasteiger charge is -2.33. The minimum absolute atomic E-state index is 0.00343. The highest BCUT2D eigenvalue weighted by molar-refractivity contribution is 7.18. The van der Waals surface area contributed by atoms with Crippen LogP contribution in [0.4, 0.5) is 10.9 Å². The molecule has 1 fully saturated rings. The third-order valence-electron chi connectivity index (χ3n) is 4.03. The van der Waals surface area contributed by atoms with Crippen molar-refractivity contribution in [2.45, 2.75) is 45.6 Å².